The molecule has 0 spiro atoms. The Morgan fingerprint density at radius 2 is 1.69 bits per heavy atom. The molecule has 0 aromatic heterocycles. The van der Waals surface area contributed by atoms with E-state index in [1.165, 1.54) is 0 Å². The van der Waals surface area contributed by atoms with Gasteiger partial charge in [-0.25, -0.2) is 0 Å². The van der Waals surface area contributed by atoms with E-state index in [1.54, 1.807) is 0 Å². The highest BCUT2D eigenvalue weighted by atomic mass is 79.9. The van der Waals surface area contributed by atoms with Crippen molar-refractivity contribution in [3.63, 3.8) is 0 Å². The predicted molar refractivity (Wildman–Crippen MR) is 67.5 cm³/mol. The molecule has 0 heterocycles. The van der Waals surface area contributed by atoms with Crippen molar-refractivity contribution in [3.8, 4) is 0 Å². The van der Waals surface area contributed by atoms with Gasteiger partial charge in [-0.15, -0.1) is 12.4 Å². The van der Waals surface area contributed by atoms with Crippen molar-refractivity contribution in [1.29, 1.82) is 0 Å². The molecular formula is C9H10Br2ClN. The van der Waals surface area contributed by atoms with E-state index < -0.39 is 0 Å². The number of halogens is 3. The van der Waals surface area contributed by atoms with Crippen LogP contribution in [0.3, 0.4) is 0 Å². The van der Waals surface area contributed by atoms with Crippen LogP contribution in [0.4, 0.5) is 0 Å². The van der Waals surface area contributed by atoms with E-state index in [0.717, 1.165) is 14.5 Å². The highest BCUT2D eigenvalue weighted by molar-refractivity contribution is 9.28. The molecule has 1 nitrogen and oxygen atoms in total. The van der Waals surface area contributed by atoms with E-state index in [1.807, 2.05) is 30.3 Å². The number of nitrogens with two attached hydrogens (primary N) is 1. The lowest BCUT2D eigenvalue weighted by atomic mass is 10.1. The Kier molecular flexibility index (Phi) is 6.68. The van der Waals surface area contributed by atoms with E-state index in [2.05, 4.69) is 31.9 Å². The first-order valence-electron chi connectivity index (χ1n) is 3.55. The molecule has 0 amide bonds. The Morgan fingerprint density at radius 1 is 1.15 bits per heavy atom. The zero-order valence-electron chi connectivity index (χ0n) is 6.84. The average molecular weight is 327 g/mol. The highest BCUT2D eigenvalue weighted by Crippen LogP contribution is 2.25. The lowest BCUT2D eigenvalue weighted by Gasteiger charge is -2.04. The van der Waals surface area contributed by atoms with Crippen LogP contribution >= 0.6 is 44.3 Å². The third-order valence-electron chi connectivity index (χ3n) is 1.55. The molecule has 0 saturated carbocycles. The summed E-state index contributed by atoms with van der Waals surface area (Å²) in [7, 11) is 0. The summed E-state index contributed by atoms with van der Waals surface area (Å²) in [6.07, 6.45) is 0. The summed E-state index contributed by atoms with van der Waals surface area (Å²) in [5.74, 6) is 0. The Bertz CT molecular complexity index is 281. The third-order valence-corrected chi connectivity index (χ3v) is 2.51. The average Bonchev–Trinajstić information content (AvgIpc) is 2.07. The van der Waals surface area contributed by atoms with Gasteiger partial charge < -0.3 is 5.73 Å². The summed E-state index contributed by atoms with van der Waals surface area (Å²) in [6, 6.07) is 10.0. The van der Waals surface area contributed by atoms with Crippen molar-refractivity contribution < 1.29 is 0 Å². The first-order valence-corrected chi connectivity index (χ1v) is 5.14. The van der Waals surface area contributed by atoms with Gasteiger partial charge in [0.15, 0.2) is 0 Å². The second-order valence-electron chi connectivity index (χ2n) is 2.31. The SMILES string of the molecule is Cl.NCC(=C(Br)Br)c1ccccc1. The summed E-state index contributed by atoms with van der Waals surface area (Å²) in [5.41, 5.74) is 7.81. The van der Waals surface area contributed by atoms with Crippen molar-refractivity contribution in [1.82, 2.24) is 0 Å². The van der Waals surface area contributed by atoms with Gasteiger partial charge in [-0.1, -0.05) is 30.3 Å². The Labute approximate surface area is 101 Å². The summed E-state index contributed by atoms with van der Waals surface area (Å²) < 4.78 is 0.920. The van der Waals surface area contributed by atoms with E-state index in [4.69, 9.17) is 5.73 Å². The second kappa shape index (κ2) is 6.60. The third kappa shape index (κ3) is 3.81. The lowest BCUT2D eigenvalue weighted by Crippen LogP contribution is -2.02. The quantitative estimate of drug-likeness (QED) is 0.883. The predicted octanol–water partition coefficient (Wildman–Crippen LogP) is 3.53. The minimum Gasteiger partial charge on any atom is -0.326 e. The Hall–Kier alpha value is 0.170. The Morgan fingerprint density at radius 3 is 2.08 bits per heavy atom. The number of benzene rings is 1. The maximum absolute atomic E-state index is 5.59. The molecule has 1 aromatic carbocycles. The van der Waals surface area contributed by atoms with Crippen molar-refractivity contribution in [3.05, 3.63) is 39.3 Å². The van der Waals surface area contributed by atoms with Crippen molar-refractivity contribution in [2.75, 3.05) is 6.54 Å². The summed E-state index contributed by atoms with van der Waals surface area (Å²) in [6.45, 7) is 0.524. The van der Waals surface area contributed by atoms with Crippen LogP contribution in [-0.2, 0) is 0 Å². The fourth-order valence-electron chi connectivity index (χ4n) is 0.943. The highest BCUT2D eigenvalue weighted by Gasteiger charge is 2.01. The molecule has 2 N–H and O–H groups in total. The molecule has 0 radical (unpaired) electrons. The molecule has 1 rings (SSSR count). The maximum atomic E-state index is 5.59. The van der Waals surface area contributed by atoms with Crippen LogP contribution in [0.5, 0.6) is 0 Å². The first kappa shape index (κ1) is 13.2. The Balaban J connectivity index is 0.00000144. The van der Waals surface area contributed by atoms with Gasteiger partial charge >= 0.3 is 0 Å². The van der Waals surface area contributed by atoms with Gasteiger partial charge in [0, 0.05) is 6.54 Å². The summed E-state index contributed by atoms with van der Waals surface area (Å²) >= 11 is 6.71. The van der Waals surface area contributed by atoms with Gasteiger partial charge in [-0.3, -0.25) is 0 Å². The van der Waals surface area contributed by atoms with Gasteiger partial charge in [-0.2, -0.15) is 0 Å². The molecule has 0 aliphatic heterocycles. The molecule has 4 heteroatoms. The van der Waals surface area contributed by atoms with E-state index in [9.17, 15) is 0 Å². The van der Waals surface area contributed by atoms with Gasteiger partial charge in [0.05, 0.1) is 3.39 Å². The zero-order chi connectivity index (χ0) is 8.97. The van der Waals surface area contributed by atoms with Gasteiger partial charge in [0.25, 0.3) is 0 Å². The number of hydrogen-bond donors (Lipinski definition) is 1. The molecule has 1 aromatic rings. The fourth-order valence-corrected chi connectivity index (χ4v) is 1.73. The van der Waals surface area contributed by atoms with Crippen LogP contribution in [0.25, 0.3) is 5.57 Å². The van der Waals surface area contributed by atoms with Gasteiger partial charge in [0.2, 0.25) is 0 Å². The van der Waals surface area contributed by atoms with E-state index in [0.29, 0.717) is 6.54 Å². The van der Waals surface area contributed by atoms with Crippen molar-refractivity contribution in [2.24, 2.45) is 5.73 Å². The molecule has 0 aliphatic carbocycles. The topological polar surface area (TPSA) is 26.0 Å². The molecule has 0 aliphatic rings. The standard InChI is InChI=1S/C9H9Br2N.ClH/c10-9(11)8(6-12)7-4-2-1-3-5-7;/h1-5H,6,12H2;1H. The monoisotopic (exact) mass is 325 g/mol. The van der Waals surface area contributed by atoms with Crippen molar-refractivity contribution >= 4 is 49.8 Å². The molecule has 0 unspecified atom stereocenters. The molecule has 72 valence electrons. The van der Waals surface area contributed by atoms with Gasteiger partial charge in [-0.05, 0) is 43.0 Å². The minimum atomic E-state index is 0. The van der Waals surface area contributed by atoms with Crippen LogP contribution in [0.1, 0.15) is 5.56 Å². The minimum absolute atomic E-state index is 0. The van der Waals surface area contributed by atoms with E-state index >= 15 is 0 Å². The van der Waals surface area contributed by atoms with Crippen LogP contribution in [0, 0.1) is 0 Å². The summed E-state index contributed by atoms with van der Waals surface area (Å²) in [4.78, 5) is 0. The normalized spacial score (nSPS) is 8.85. The lowest BCUT2D eigenvalue weighted by molar-refractivity contribution is 1.27. The second-order valence-corrected chi connectivity index (χ2v) is 4.96. The fraction of sp³-hybridized carbons (Fsp3) is 0.111. The number of rotatable bonds is 2. The van der Waals surface area contributed by atoms with Crippen LogP contribution in [0.2, 0.25) is 0 Å². The zero-order valence-corrected chi connectivity index (χ0v) is 10.8. The number of hydrogen-bond acceptors (Lipinski definition) is 1. The largest absolute Gasteiger partial charge is 0.326 e. The molecule has 13 heavy (non-hydrogen) atoms. The molecule has 0 saturated heterocycles. The molecule has 0 atom stereocenters. The van der Waals surface area contributed by atoms with Crippen LogP contribution in [-0.4, -0.2) is 6.54 Å². The maximum Gasteiger partial charge on any atom is 0.0654 e. The first-order chi connectivity index (χ1) is 5.75. The van der Waals surface area contributed by atoms with Crippen LogP contribution < -0.4 is 5.73 Å². The molecular weight excluding hydrogens is 317 g/mol. The molecule has 0 fully saturated rings. The van der Waals surface area contributed by atoms with Gasteiger partial charge in [0.1, 0.15) is 0 Å². The summed E-state index contributed by atoms with van der Waals surface area (Å²) in [5, 5.41) is 0. The smallest absolute Gasteiger partial charge is 0.0654 e. The van der Waals surface area contributed by atoms with Crippen LogP contribution in [0.15, 0.2) is 33.7 Å². The molecule has 0 bridgehead atoms. The van der Waals surface area contributed by atoms with E-state index in [-0.39, 0.29) is 12.4 Å². The van der Waals surface area contributed by atoms with Crippen molar-refractivity contribution in [2.45, 2.75) is 0 Å².